The van der Waals surface area contributed by atoms with Gasteiger partial charge in [0.1, 0.15) is 0 Å². The second-order valence-corrected chi connectivity index (χ2v) is 7.87. The molecule has 4 aromatic rings. The van der Waals surface area contributed by atoms with E-state index in [0.717, 1.165) is 22.5 Å². The van der Waals surface area contributed by atoms with Crippen molar-refractivity contribution in [1.82, 2.24) is 9.97 Å². The quantitative estimate of drug-likeness (QED) is 0.248. The van der Waals surface area contributed by atoms with Crippen LogP contribution in [0.25, 0.3) is 21.8 Å². The summed E-state index contributed by atoms with van der Waals surface area (Å²) in [6.45, 7) is 0. The lowest BCUT2D eigenvalue weighted by atomic mass is 10.2. The fourth-order valence-corrected chi connectivity index (χ4v) is 3.66. The first-order valence-electron chi connectivity index (χ1n) is 9.72. The van der Waals surface area contributed by atoms with Gasteiger partial charge >= 0.3 is 0 Å². The van der Waals surface area contributed by atoms with Crippen LogP contribution in [0, 0.1) is 10.1 Å². The standard InChI is InChI=1S/C11H10N2O2.C11H12N2/c14-13(15)9-3-4-10-8(5-9)6-11(12-10)7-1-2-7;12-9-3-4-10-8(5-9)6-11(13-10)7-1-2-7/h3-7,12H,1-2H2;3-7,13H,1-2,12H2. The maximum atomic E-state index is 10.6. The lowest BCUT2D eigenvalue weighted by Gasteiger charge is -1.91. The Balaban J connectivity index is 0.000000123. The Kier molecular flexibility index (Phi) is 3.86. The molecule has 0 bridgehead atoms. The molecule has 0 spiro atoms. The summed E-state index contributed by atoms with van der Waals surface area (Å²) in [5.74, 6) is 1.44. The van der Waals surface area contributed by atoms with Gasteiger partial charge in [-0.05, 0) is 73.9 Å². The van der Waals surface area contributed by atoms with Gasteiger partial charge in [0.15, 0.2) is 0 Å². The Bertz CT molecular complexity index is 1180. The van der Waals surface area contributed by atoms with E-state index < -0.39 is 0 Å². The highest BCUT2D eigenvalue weighted by Gasteiger charge is 2.25. The van der Waals surface area contributed by atoms with Crippen LogP contribution in [-0.4, -0.2) is 14.9 Å². The van der Waals surface area contributed by atoms with Crippen LogP contribution in [0.1, 0.15) is 48.9 Å². The zero-order valence-corrected chi connectivity index (χ0v) is 15.4. The molecule has 4 N–H and O–H groups in total. The number of nitrogen functional groups attached to an aromatic ring is 1. The molecule has 2 fully saturated rings. The first kappa shape index (κ1) is 16.9. The first-order valence-corrected chi connectivity index (χ1v) is 9.72. The van der Waals surface area contributed by atoms with Crippen LogP contribution in [0.2, 0.25) is 0 Å². The average molecular weight is 374 g/mol. The van der Waals surface area contributed by atoms with E-state index in [4.69, 9.17) is 5.73 Å². The Morgan fingerprint density at radius 2 is 1.36 bits per heavy atom. The molecule has 0 unspecified atom stereocenters. The lowest BCUT2D eigenvalue weighted by molar-refractivity contribution is -0.384. The number of aromatic nitrogens is 2. The topological polar surface area (TPSA) is 101 Å². The fraction of sp³-hybridized carbons (Fsp3) is 0.273. The molecule has 6 nitrogen and oxygen atoms in total. The Labute approximate surface area is 161 Å². The Morgan fingerprint density at radius 1 is 0.821 bits per heavy atom. The summed E-state index contributed by atoms with van der Waals surface area (Å²) in [4.78, 5) is 17.0. The van der Waals surface area contributed by atoms with Crippen molar-refractivity contribution in [2.45, 2.75) is 37.5 Å². The van der Waals surface area contributed by atoms with Crippen molar-refractivity contribution in [2.24, 2.45) is 0 Å². The van der Waals surface area contributed by atoms with Gasteiger partial charge in [0, 0.05) is 51.0 Å². The molecule has 2 aromatic heterocycles. The number of fused-ring (bicyclic) bond motifs is 2. The van der Waals surface area contributed by atoms with Crippen LogP contribution < -0.4 is 5.73 Å². The van der Waals surface area contributed by atoms with E-state index in [1.165, 1.54) is 54.0 Å². The molecular weight excluding hydrogens is 352 g/mol. The molecular formula is C22H22N4O2. The predicted octanol–water partition coefficient (Wildman–Crippen LogP) is 5.58. The number of nitro benzene ring substituents is 1. The van der Waals surface area contributed by atoms with Gasteiger partial charge < -0.3 is 15.7 Å². The van der Waals surface area contributed by atoms with Crippen molar-refractivity contribution in [3.05, 3.63) is 70.0 Å². The normalized spacial score (nSPS) is 16.1. The van der Waals surface area contributed by atoms with E-state index >= 15 is 0 Å². The zero-order chi connectivity index (χ0) is 19.3. The first-order chi connectivity index (χ1) is 13.6. The molecule has 2 saturated carbocycles. The van der Waals surface area contributed by atoms with E-state index in [-0.39, 0.29) is 10.6 Å². The Morgan fingerprint density at radius 3 is 1.89 bits per heavy atom. The molecule has 0 amide bonds. The van der Waals surface area contributed by atoms with E-state index in [9.17, 15) is 10.1 Å². The number of anilines is 1. The van der Waals surface area contributed by atoms with Gasteiger partial charge in [0.05, 0.1) is 4.92 Å². The van der Waals surface area contributed by atoms with Crippen LogP contribution in [0.5, 0.6) is 0 Å². The SMILES string of the molecule is Nc1ccc2[nH]c(C3CC3)cc2c1.O=[N+]([O-])c1ccc2[nH]c(C3CC3)cc2c1. The average Bonchev–Trinajstić information content (AvgIpc) is 3.61. The lowest BCUT2D eigenvalue weighted by Crippen LogP contribution is -1.86. The zero-order valence-electron chi connectivity index (χ0n) is 15.4. The highest BCUT2D eigenvalue weighted by Crippen LogP contribution is 2.41. The molecule has 6 heteroatoms. The van der Waals surface area contributed by atoms with Gasteiger partial charge in [-0.3, -0.25) is 10.1 Å². The highest BCUT2D eigenvalue weighted by atomic mass is 16.6. The minimum absolute atomic E-state index is 0.156. The number of benzene rings is 2. The molecule has 0 saturated heterocycles. The summed E-state index contributed by atoms with van der Waals surface area (Å²) in [6, 6.07) is 15.2. The van der Waals surface area contributed by atoms with Crippen LogP contribution in [-0.2, 0) is 0 Å². The number of nitrogens with two attached hydrogens (primary N) is 1. The van der Waals surface area contributed by atoms with Crippen molar-refractivity contribution >= 4 is 33.2 Å². The Hall–Kier alpha value is -3.28. The van der Waals surface area contributed by atoms with Crippen LogP contribution >= 0.6 is 0 Å². The van der Waals surface area contributed by atoms with Gasteiger partial charge in [-0.15, -0.1) is 0 Å². The molecule has 2 aromatic carbocycles. The molecule has 0 aliphatic heterocycles. The number of H-pyrrole nitrogens is 2. The third-order valence-corrected chi connectivity index (χ3v) is 5.54. The second kappa shape index (κ2) is 6.41. The van der Waals surface area contributed by atoms with Gasteiger partial charge in [-0.1, -0.05) is 0 Å². The minimum atomic E-state index is -0.358. The summed E-state index contributed by atoms with van der Waals surface area (Å²) in [7, 11) is 0. The monoisotopic (exact) mass is 374 g/mol. The van der Waals surface area contributed by atoms with Gasteiger partial charge in [0.2, 0.25) is 0 Å². The van der Waals surface area contributed by atoms with Crippen molar-refractivity contribution in [3.63, 3.8) is 0 Å². The fourth-order valence-electron chi connectivity index (χ4n) is 3.66. The summed E-state index contributed by atoms with van der Waals surface area (Å²) in [6.07, 6.45) is 5.13. The van der Waals surface area contributed by atoms with Crippen molar-refractivity contribution in [3.8, 4) is 0 Å². The summed E-state index contributed by atoms with van der Waals surface area (Å²) in [5, 5.41) is 12.8. The third kappa shape index (κ3) is 3.33. The maximum absolute atomic E-state index is 10.6. The predicted molar refractivity (Wildman–Crippen MR) is 112 cm³/mol. The van der Waals surface area contributed by atoms with Crippen molar-refractivity contribution in [1.29, 1.82) is 0 Å². The number of non-ortho nitro benzene ring substituents is 1. The van der Waals surface area contributed by atoms with E-state index in [1.807, 2.05) is 18.2 Å². The highest BCUT2D eigenvalue weighted by molar-refractivity contribution is 5.84. The van der Waals surface area contributed by atoms with Crippen LogP contribution in [0.3, 0.4) is 0 Å². The summed E-state index contributed by atoms with van der Waals surface area (Å²) >= 11 is 0. The summed E-state index contributed by atoms with van der Waals surface area (Å²) in [5.41, 5.74) is 11.5. The second-order valence-electron chi connectivity index (χ2n) is 7.87. The number of rotatable bonds is 3. The van der Waals surface area contributed by atoms with E-state index in [2.05, 4.69) is 22.1 Å². The van der Waals surface area contributed by atoms with Crippen LogP contribution in [0.4, 0.5) is 11.4 Å². The van der Waals surface area contributed by atoms with Gasteiger partial charge in [0.25, 0.3) is 5.69 Å². The molecule has 2 aliphatic rings. The minimum Gasteiger partial charge on any atom is -0.399 e. The smallest absolute Gasteiger partial charge is 0.270 e. The number of hydrogen-bond donors (Lipinski definition) is 3. The van der Waals surface area contributed by atoms with Crippen molar-refractivity contribution < 1.29 is 4.92 Å². The molecule has 2 heterocycles. The van der Waals surface area contributed by atoms with Gasteiger partial charge in [-0.2, -0.15) is 0 Å². The largest absolute Gasteiger partial charge is 0.399 e. The molecule has 6 rings (SSSR count). The molecule has 28 heavy (non-hydrogen) atoms. The molecule has 142 valence electrons. The number of nitrogens with zero attached hydrogens (tertiary/aromatic N) is 1. The molecule has 0 radical (unpaired) electrons. The third-order valence-electron chi connectivity index (χ3n) is 5.54. The van der Waals surface area contributed by atoms with Crippen LogP contribution in [0.15, 0.2) is 48.5 Å². The van der Waals surface area contributed by atoms with Crippen molar-refractivity contribution in [2.75, 3.05) is 5.73 Å². The number of nitrogens with one attached hydrogen (secondary N) is 2. The van der Waals surface area contributed by atoms with Gasteiger partial charge in [-0.25, -0.2) is 0 Å². The number of nitro groups is 1. The van der Waals surface area contributed by atoms with E-state index in [0.29, 0.717) is 5.92 Å². The van der Waals surface area contributed by atoms with E-state index in [1.54, 1.807) is 12.1 Å². The maximum Gasteiger partial charge on any atom is 0.270 e. The number of hydrogen-bond acceptors (Lipinski definition) is 3. The molecule has 0 atom stereocenters. The molecule has 2 aliphatic carbocycles. The summed E-state index contributed by atoms with van der Waals surface area (Å²) < 4.78 is 0. The number of aromatic amines is 2.